The van der Waals surface area contributed by atoms with Crippen molar-refractivity contribution >= 4 is 11.6 Å². The number of rotatable bonds is 11. The molecule has 2 aromatic rings. The van der Waals surface area contributed by atoms with Gasteiger partial charge in [0.1, 0.15) is 5.75 Å². The summed E-state index contributed by atoms with van der Waals surface area (Å²) in [5.41, 5.74) is 2.47. The van der Waals surface area contributed by atoms with Crippen LogP contribution in [0.1, 0.15) is 92.5 Å². The normalized spacial score (nSPS) is 12.0. The summed E-state index contributed by atoms with van der Waals surface area (Å²) in [6, 6.07) is 14.6. The van der Waals surface area contributed by atoms with Gasteiger partial charge in [-0.2, -0.15) is 0 Å². The smallest absolute Gasteiger partial charge is 0.196 e. The number of hydrogen-bond acceptors (Lipinski definition) is 3. The number of benzene rings is 2. The maximum absolute atomic E-state index is 13.3. The van der Waals surface area contributed by atoms with Gasteiger partial charge in [-0.05, 0) is 48.1 Å². The molecule has 0 aliphatic heterocycles. The van der Waals surface area contributed by atoms with Crippen molar-refractivity contribution in [2.75, 3.05) is 7.11 Å². The summed E-state index contributed by atoms with van der Waals surface area (Å²) in [7, 11) is 1.59. The van der Waals surface area contributed by atoms with Crippen LogP contribution >= 0.6 is 0 Å². The van der Waals surface area contributed by atoms with Crippen LogP contribution in [0.2, 0.25) is 0 Å². The Morgan fingerprint density at radius 2 is 1.32 bits per heavy atom. The lowest BCUT2D eigenvalue weighted by molar-refractivity contribution is 0.0962. The lowest BCUT2D eigenvalue weighted by atomic mass is 9.86. The summed E-state index contributed by atoms with van der Waals surface area (Å²) in [5.74, 6) is 0.234. The minimum absolute atomic E-state index is 0.0116. The van der Waals surface area contributed by atoms with Crippen LogP contribution in [0.15, 0.2) is 60.2 Å². The molecule has 0 aliphatic carbocycles. The van der Waals surface area contributed by atoms with Gasteiger partial charge in [0, 0.05) is 11.1 Å². The van der Waals surface area contributed by atoms with Crippen LogP contribution in [0.4, 0.5) is 0 Å². The quantitative estimate of drug-likeness (QED) is 0.125. The summed E-state index contributed by atoms with van der Waals surface area (Å²) in [6.45, 7) is 8.61. The standard InChI is InChI=1S/C28H36O3/c1-6-7-8-9-10-11-12-25(27(30)22-15-19-24(31-5)20-16-22)26(29)21-13-17-23(18-14-21)28(2,3)4/h12-20H,6-11H2,1-5H3/b25-12+. The van der Waals surface area contributed by atoms with Gasteiger partial charge in [0.05, 0.1) is 12.7 Å². The van der Waals surface area contributed by atoms with Crippen molar-refractivity contribution in [2.45, 2.75) is 71.6 Å². The second kappa shape index (κ2) is 11.6. The first kappa shape index (κ1) is 24.6. The number of ketones is 2. The molecule has 0 amide bonds. The second-order valence-corrected chi connectivity index (χ2v) is 9.03. The molecule has 0 heterocycles. The molecule has 0 aliphatic rings. The molecule has 0 N–H and O–H groups in total. The molecule has 0 fully saturated rings. The molecule has 0 bridgehead atoms. The Labute approximate surface area is 187 Å². The van der Waals surface area contributed by atoms with Gasteiger partial charge >= 0.3 is 0 Å². The van der Waals surface area contributed by atoms with Crippen molar-refractivity contribution < 1.29 is 14.3 Å². The van der Waals surface area contributed by atoms with Gasteiger partial charge in [-0.1, -0.05) is 83.7 Å². The van der Waals surface area contributed by atoms with E-state index in [-0.39, 0.29) is 22.6 Å². The van der Waals surface area contributed by atoms with E-state index >= 15 is 0 Å². The average molecular weight is 421 g/mol. The molecule has 3 nitrogen and oxygen atoms in total. The fraction of sp³-hybridized carbons (Fsp3) is 0.429. The van der Waals surface area contributed by atoms with Crippen molar-refractivity contribution in [3.05, 3.63) is 76.9 Å². The van der Waals surface area contributed by atoms with Crippen LogP contribution in [0.25, 0.3) is 0 Å². The molecular formula is C28H36O3. The predicted octanol–water partition coefficient (Wildman–Crippen LogP) is 7.35. The molecule has 0 saturated carbocycles. The third-order valence-corrected chi connectivity index (χ3v) is 5.51. The molecule has 0 aromatic heterocycles. The van der Waals surface area contributed by atoms with E-state index in [0.717, 1.165) is 24.8 Å². The Balaban J connectivity index is 2.27. The van der Waals surface area contributed by atoms with Crippen LogP contribution in [-0.4, -0.2) is 18.7 Å². The Morgan fingerprint density at radius 3 is 1.81 bits per heavy atom. The predicted molar refractivity (Wildman–Crippen MR) is 128 cm³/mol. The summed E-state index contributed by atoms with van der Waals surface area (Å²) in [6.07, 6.45) is 8.26. The first-order chi connectivity index (χ1) is 14.8. The molecule has 2 aromatic carbocycles. The Hall–Kier alpha value is -2.68. The lowest BCUT2D eigenvalue weighted by Crippen LogP contribution is -2.15. The minimum Gasteiger partial charge on any atom is -0.497 e. The monoisotopic (exact) mass is 420 g/mol. The zero-order chi connectivity index (χ0) is 22.9. The van der Waals surface area contributed by atoms with E-state index in [2.05, 4.69) is 27.7 Å². The molecule has 0 saturated heterocycles. The first-order valence-corrected chi connectivity index (χ1v) is 11.3. The summed E-state index contributed by atoms with van der Waals surface area (Å²) < 4.78 is 5.18. The number of allylic oxidation sites excluding steroid dienone is 2. The summed E-state index contributed by atoms with van der Waals surface area (Å²) >= 11 is 0. The molecule has 0 radical (unpaired) electrons. The SMILES string of the molecule is CCCCCCC/C=C(/C(=O)c1ccc(OC)cc1)C(=O)c1ccc(C(C)(C)C)cc1. The van der Waals surface area contributed by atoms with E-state index in [1.165, 1.54) is 19.3 Å². The average Bonchev–Trinajstić information content (AvgIpc) is 2.77. The van der Waals surface area contributed by atoms with Crippen molar-refractivity contribution in [2.24, 2.45) is 0 Å². The van der Waals surface area contributed by atoms with Gasteiger partial charge < -0.3 is 4.74 Å². The molecule has 0 atom stereocenters. The summed E-state index contributed by atoms with van der Waals surface area (Å²) in [4.78, 5) is 26.5. The number of carbonyl (C=O) groups excluding carboxylic acids is 2. The third kappa shape index (κ3) is 7.20. The Kier molecular flexibility index (Phi) is 9.23. The maximum atomic E-state index is 13.3. The number of carbonyl (C=O) groups is 2. The first-order valence-electron chi connectivity index (χ1n) is 11.3. The lowest BCUT2D eigenvalue weighted by Gasteiger charge is -2.19. The maximum Gasteiger partial charge on any atom is 0.196 e. The van der Waals surface area contributed by atoms with Gasteiger partial charge in [-0.15, -0.1) is 0 Å². The fourth-order valence-corrected chi connectivity index (χ4v) is 3.46. The van der Waals surface area contributed by atoms with E-state index in [1.54, 1.807) is 31.4 Å². The zero-order valence-corrected chi connectivity index (χ0v) is 19.7. The molecule has 0 spiro atoms. The highest BCUT2D eigenvalue weighted by Crippen LogP contribution is 2.24. The highest BCUT2D eigenvalue weighted by Gasteiger charge is 2.22. The van der Waals surface area contributed by atoms with Crippen LogP contribution in [0.3, 0.4) is 0 Å². The Bertz CT molecular complexity index is 881. The fourth-order valence-electron chi connectivity index (χ4n) is 3.46. The van der Waals surface area contributed by atoms with E-state index in [1.807, 2.05) is 30.3 Å². The summed E-state index contributed by atoms with van der Waals surface area (Å²) in [5, 5.41) is 0. The molecule has 2 rings (SSSR count). The molecule has 3 heteroatoms. The number of hydrogen-bond donors (Lipinski definition) is 0. The van der Waals surface area contributed by atoms with Gasteiger partial charge in [0.2, 0.25) is 0 Å². The van der Waals surface area contributed by atoms with Gasteiger partial charge in [0.15, 0.2) is 11.6 Å². The number of ether oxygens (including phenoxy) is 1. The van der Waals surface area contributed by atoms with Crippen LogP contribution in [0, 0.1) is 0 Å². The van der Waals surface area contributed by atoms with E-state index in [4.69, 9.17) is 4.74 Å². The van der Waals surface area contributed by atoms with E-state index < -0.39 is 0 Å². The molecule has 0 unspecified atom stereocenters. The van der Waals surface area contributed by atoms with Crippen molar-refractivity contribution in [3.63, 3.8) is 0 Å². The van der Waals surface area contributed by atoms with Crippen molar-refractivity contribution in [3.8, 4) is 5.75 Å². The number of methoxy groups -OCH3 is 1. The van der Waals surface area contributed by atoms with Gasteiger partial charge in [-0.25, -0.2) is 0 Å². The van der Waals surface area contributed by atoms with E-state index in [0.29, 0.717) is 16.9 Å². The van der Waals surface area contributed by atoms with Crippen LogP contribution in [0.5, 0.6) is 5.75 Å². The minimum atomic E-state index is -0.235. The zero-order valence-electron chi connectivity index (χ0n) is 19.7. The number of Topliss-reactive ketones (excluding diaryl/α,β-unsaturated/α-hetero) is 2. The van der Waals surface area contributed by atoms with Crippen molar-refractivity contribution in [1.29, 1.82) is 0 Å². The topological polar surface area (TPSA) is 43.4 Å². The molecule has 31 heavy (non-hydrogen) atoms. The van der Waals surface area contributed by atoms with Gasteiger partial charge in [0.25, 0.3) is 0 Å². The van der Waals surface area contributed by atoms with Crippen molar-refractivity contribution in [1.82, 2.24) is 0 Å². The highest BCUT2D eigenvalue weighted by atomic mass is 16.5. The molecular weight excluding hydrogens is 384 g/mol. The van der Waals surface area contributed by atoms with Gasteiger partial charge in [-0.3, -0.25) is 9.59 Å². The largest absolute Gasteiger partial charge is 0.497 e. The highest BCUT2D eigenvalue weighted by molar-refractivity contribution is 6.30. The molecule has 166 valence electrons. The second-order valence-electron chi connectivity index (χ2n) is 9.03. The number of unbranched alkanes of at least 4 members (excludes halogenated alkanes) is 5. The third-order valence-electron chi connectivity index (χ3n) is 5.51. The van der Waals surface area contributed by atoms with Crippen LogP contribution < -0.4 is 4.74 Å². The Morgan fingerprint density at radius 1 is 0.806 bits per heavy atom. The van der Waals surface area contributed by atoms with E-state index in [9.17, 15) is 9.59 Å². The van der Waals surface area contributed by atoms with Crippen LogP contribution in [-0.2, 0) is 5.41 Å².